The lowest BCUT2D eigenvalue weighted by atomic mass is 9.93. The highest BCUT2D eigenvalue weighted by Crippen LogP contribution is 2.45. The lowest BCUT2D eigenvalue weighted by molar-refractivity contribution is -0.785. The van der Waals surface area contributed by atoms with Crippen LogP contribution in [-0.2, 0) is 6.42 Å². The summed E-state index contributed by atoms with van der Waals surface area (Å²) in [6.07, 6.45) is 4.22. The summed E-state index contributed by atoms with van der Waals surface area (Å²) >= 11 is 3.45. The van der Waals surface area contributed by atoms with Crippen molar-refractivity contribution in [1.29, 1.82) is 0 Å². The third-order valence-electron chi connectivity index (χ3n) is 3.81. The van der Waals surface area contributed by atoms with Gasteiger partial charge in [0.1, 0.15) is 11.8 Å². The van der Waals surface area contributed by atoms with Gasteiger partial charge >= 0.3 is 0 Å². The second-order valence-corrected chi connectivity index (χ2v) is 5.82. The molecule has 0 saturated carbocycles. The van der Waals surface area contributed by atoms with E-state index in [0.29, 0.717) is 15.7 Å². The topological polar surface area (TPSA) is 63.4 Å². The summed E-state index contributed by atoms with van der Waals surface area (Å²) in [5, 5.41) is 21.3. The van der Waals surface area contributed by atoms with Crippen LogP contribution in [0.5, 0.6) is 0 Å². The Balaban J connectivity index is 2.36. The Morgan fingerprint density at radius 3 is 2.89 bits per heavy atom. The Kier molecular flexibility index (Phi) is 2.55. The Bertz CT molecular complexity index is 666. The fraction of sp³-hybridized carbons (Fsp3) is 0.231. The molecule has 0 spiro atoms. The molecule has 19 heavy (non-hydrogen) atoms. The largest absolute Gasteiger partial charge is 0.503 e. The van der Waals surface area contributed by atoms with Crippen LogP contribution in [0.1, 0.15) is 11.1 Å². The van der Waals surface area contributed by atoms with Crippen LogP contribution in [0.2, 0.25) is 0 Å². The van der Waals surface area contributed by atoms with E-state index in [1.54, 1.807) is 12.1 Å². The van der Waals surface area contributed by atoms with Gasteiger partial charge in [-0.25, -0.2) is 0 Å². The molecule has 5 nitrogen and oxygen atoms in total. The molecule has 1 unspecified atom stereocenters. The van der Waals surface area contributed by atoms with Crippen LogP contribution in [0.4, 0.5) is 5.69 Å². The zero-order chi connectivity index (χ0) is 13.8. The van der Waals surface area contributed by atoms with Crippen molar-refractivity contribution in [2.45, 2.75) is 6.42 Å². The molecule has 1 N–H and O–H groups in total. The Morgan fingerprint density at radius 2 is 2.21 bits per heavy atom. The van der Waals surface area contributed by atoms with Crippen LogP contribution < -0.4 is 0 Å². The maximum atomic E-state index is 11.2. The fourth-order valence-corrected chi connectivity index (χ4v) is 3.36. The zero-order valence-electron chi connectivity index (χ0n) is 10.3. The lowest BCUT2D eigenvalue weighted by Crippen LogP contribution is -2.40. The van der Waals surface area contributed by atoms with E-state index in [-0.39, 0.29) is 16.4 Å². The Labute approximate surface area is 118 Å². The summed E-state index contributed by atoms with van der Waals surface area (Å²) in [6.45, 7) is 0.780. The molecule has 1 atom stereocenters. The van der Waals surface area contributed by atoms with Gasteiger partial charge < -0.3 is 5.11 Å². The molecule has 0 amide bonds. The van der Waals surface area contributed by atoms with E-state index in [1.807, 2.05) is 13.2 Å². The van der Waals surface area contributed by atoms with Crippen LogP contribution in [0.25, 0.3) is 5.70 Å². The van der Waals surface area contributed by atoms with E-state index in [2.05, 4.69) is 15.9 Å². The first kappa shape index (κ1) is 12.4. The fourth-order valence-electron chi connectivity index (χ4n) is 2.83. The standard InChI is InChI=1S/C13H11BrN2O3/c1-16-6-4-8-9(14)2-3-10(15(18)19)12(8)13(16)11(17)5-7-16/h2-3,5,7H,4,6H2,1H3/p+1. The minimum atomic E-state index is -0.389. The van der Waals surface area contributed by atoms with Gasteiger partial charge in [-0.05, 0) is 11.6 Å². The molecular weight excluding hydrogens is 312 g/mol. The van der Waals surface area contributed by atoms with Crippen LogP contribution in [-0.4, -0.2) is 28.1 Å². The second-order valence-electron chi connectivity index (χ2n) is 4.97. The third kappa shape index (κ3) is 1.63. The molecule has 0 saturated heterocycles. The number of halogens is 1. The van der Waals surface area contributed by atoms with Gasteiger partial charge in [-0.15, -0.1) is 0 Å². The summed E-state index contributed by atoms with van der Waals surface area (Å²) in [7, 11) is 1.95. The van der Waals surface area contributed by atoms with Crippen molar-refractivity contribution in [2.24, 2.45) is 0 Å². The van der Waals surface area contributed by atoms with Gasteiger partial charge in [-0.2, -0.15) is 0 Å². The highest BCUT2D eigenvalue weighted by atomic mass is 79.9. The van der Waals surface area contributed by atoms with E-state index < -0.39 is 0 Å². The minimum absolute atomic E-state index is 0.0486. The summed E-state index contributed by atoms with van der Waals surface area (Å²) in [5.41, 5.74) is 2.12. The predicted molar refractivity (Wildman–Crippen MR) is 74.2 cm³/mol. The van der Waals surface area contributed by atoms with Crippen LogP contribution in [0, 0.1) is 10.1 Å². The Morgan fingerprint density at radius 1 is 1.47 bits per heavy atom. The summed E-state index contributed by atoms with van der Waals surface area (Å²) in [4.78, 5) is 10.9. The first-order chi connectivity index (χ1) is 8.94. The molecule has 2 aliphatic heterocycles. The number of aliphatic hydroxyl groups is 1. The molecule has 0 fully saturated rings. The maximum absolute atomic E-state index is 11.2. The normalized spacial score (nSPS) is 24.3. The van der Waals surface area contributed by atoms with Crippen molar-refractivity contribution in [3.63, 3.8) is 0 Å². The van der Waals surface area contributed by atoms with Gasteiger partial charge in [0, 0.05) is 23.0 Å². The summed E-state index contributed by atoms with van der Waals surface area (Å²) in [5.74, 6) is 0.115. The maximum Gasteiger partial charge on any atom is 0.283 e. The Hall–Kier alpha value is -1.66. The van der Waals surface area contributed by atoms with Crippen molar-refractivity contribution in [3.8, 4) is 0 Å². The van der Waals surface area contributed by atoms with E-state index in [0.717, 1.165) is 23.0 Å². The van der Waals surface area contributed by atoms with Crippen molar-refractivity contribution in [3.05, 3.63) is 55.9 Å². The number of nitrogens with zero attached hydrogens (tertiary/aromatic N) is 2. The molecule has 3 rings (SSSR count). The molecule has 2 aliphatic rings. The molecule has 6 heteroatoms. The number of nitro benzene ring substituents is 1. The van der Waals surface area contributed by atoms with Crippen LogP contribution in [0.15, 0.2) is 34.6 Å². The minimum Gasteiger partial charge on any atom is -0.503 e. The SMILES string of the molecule is C[N+]12C=CC(O)=C1c1c([N+](=O)[O-])ccc(Br)c1CC2. The van der Waals surface area contributed by atoms with Gasteiger partial charge in [-0.3, -0.25) is 14.6 Å². The number of nitro groups is 1. The second kappa shape index (κ2) is 3.91. The smallest absolute Gasteiger partial charge is 0.283 e. The van der Waals surface area contributed by atoms with Gasteiger partial charge in [-0.1, -0.05) is 15.9 Å². The van der Waals surface area contributed by atoms with E-state index >= 15 is 0 Å². The molecule has 98 valence electrons. The van der Waals surface area contributed by atoms with E-state index in [4.69, 9.17) is 0 Å². The summed E-state index contributed by atoms with van der Waals surface area (Å²) in [6, 6.07) is 3.18. The number of quaternary nitrogens is 1. The number of allylic oxidation sites excluding steroid dienone is 1. The number of likely N-dealkylation sites (N-methyl/N-ethyl adjacent to an activating group) is 1. The number of hydrogen-bond donors (Lipinski definition) is 1. The third-order valence-corrected chi connectivity index (χ3v) is 4.55. The van der Waals surface area contributed by atoms with Crippen molar-refractivity contribution in [1.82, 2.24) is 0 Å². The molecule has 1 aromatic rings. The first-order valence-corrected chi connectivity index (χ1v) is 6.68. The van der Waals surface area contributed by atoms with Crippen molar-refractivity contribution < 1.29 is 14.5 Å². The van der Waals surface area contributed by atoms with Crippen LogP contribution in [0.3, 0.4) is 0 Å². The molecular formula is C13H12BrN2O3+. The molecule has 0 aliphatic carbocycles. The zero-order valence-corrected chi connectivity index (χ0v) is 11.8. The van der Waals surface area contributed by atoms with Crippen molar-refractivity contribution in [2.75, 3.05) is 13.6 Å². The van der Waals surface area contributed by atoms with E-state index in [1.165, 1.54) is 6.07 Å². The quantitative estimate of drug-likeness (QED) is 0.490. The van der Waals surface area contributed by atoms with Crippen molar-refractivity contribution >= 4 is 27.3 Å². The highest BCUT2D eigenvalue weighted by Gasteiger charge is 2.43. The van der Waals surface area contributed by atoms with Gasteiger partial charge in [0.25, 0.3) is 5.69 Å². The summed E-state index contributed by atoms with van der Waals surface area (Å²) < 4.78 is 1.27. The molecule has 0 radical (unpaired) electrons. The van der Waals surface area contributed by atoms with E-state index in [9.17, 15) is 15.2 Å². The lowest BCUT2D eigenvalue weighted by Gasteiger charge is -2.34. The van der Waals surface area contributed by atoms with Gasteiger partial charge in [0.05, 0.1) is 18.5 Å². The monoisotopic (exact) mass is 323 g/mol. The highest BCUT2D eigenvalue weighted by molar-refractivity contribution is 9.10. The first-order valence-electron chi connectivity index (χ1n) is 5.88. The van der Waals surface area contributed by atoms with Gasteiger partial charge in [0.2, 0.25) is 0 Å². The average Bonchev–Trinajstić information content (AvgIpc) is 2.66. The average molecular weight is 324 g/mol. The molecule has 0 aromatic heterocycles. The number of hydrogen-bond acceptors (Lipinski definition) is 3. The van der Waals surface area contributed by atoms with Gasteiger partial charge in [0.15, 0.2) is 11.5 Å². The predicted octanol–water partition coefficient (Wildman–Crippen LogP) is 3.11. The number of aliphatic hydroxyl groups excluding tert-OH is 1. The number of rotatable bonds is 1. The number of benzene rings is 1. The van der Waals surface area contributed by atoms with Crippen LogP contribution >= 0.6 is 15.9 Å². The molecule has 1 aromatic carbocycles. The number of fused-ring (bicyclic) bond motifs is 3. The molecule has 2 heterocycles. The molecule has 0 bridgehead atoms.